The normalized spacial score (nSPS) is 18.5. The fourth-order valence-electron chi connectivity index (χ4n) is 2.27. The third kappa shape index (κ3) is 3.10. The Bertz CT molecular complexity index is 372. The Kier molecular flexibility index (Phi) is 4.74. The van der Waals surface area contributed by atoms with E-state index in [9.17, 15) is 4.79 Å². The Morgan fingerprint density at radius 2 is 2.33 bits per heavy atom. The topological polar surface area (TPSA) is 50.4 Å². The smallest absolute Gasteiger partial charge is 0.252 e. The number of rotatable bonds is 5. The molecule has 1 aromatic rings. The highest BCUT2D eigenvalue weighted by Crippen LogP contribution is 2.22. The highest BCUT2D eigenvalue weighted by atomic mass is 32.1. The summed E-state index contributed by atoms with van der Waals surface area (Å²) in [7, 11) is 1.63. The average molecular weight is 268 g/mol. The molecule has 0 bridgehead atoms. The molecule has 18 heavy (non-hydrogen) atoms. The average Bonchev–Trinajstić information content (AvgIpc) is 2.92. The van der Waals surface area contributed by atoms with Gasteiger partial charge in [-0.1, -0.05) is 0 Å². The van der Waals surface area contributed by atoms with E-state index in [1.54, 1.807) is 18.4 Å². The van der Waals surface area contributed by atoms with E-state index in [2.05, 4.69) is 27.5 Å². The number of nitrogens with one attached hydrogen (secondary N) is 2. The van der Waals surface area contributed by atoms with Crippen molar-refractivity contribution in [3.63, 3.8) is 0 Å². The third-order valence-corrected chi connectivity index (χ3v) is 4.23. The number of carbonyl (C=O) groups excluding carboxylic acids is 1. The second kappa shape index (κ2) is 6.31. The zero-order valence-corrected chi connectivity index (χ0v) is 11.5. The highest BCUT2D eigenvalue weighted by Gasteiger charge is 2.39. The van der Waals surface area contributed by atoms with E-state index >= 15 is 0 Å². The lowest BCUT2D eigenvalue weighted by molar-refractivity contribution is -0.146. The summed E-state index contributed by atoms with van der Waals surface area (Å²) in [6.07, 6.45) is 2.37. The molecule has 1 aliphatic heterocycles. The van der Waals surface area contributed by atoms with E-state index in [0.717, 1.165) is 32.4 Å². The molecular weight excluding hydrogens is 248 g/mol. The summed E-state index contributed by atoms with van der Waals surface area (Å²) in [5, 5.41) is 10.4. The van der Waals surface area contributed by atoms with Crippen molar-refractivity contribution in [2.75, 3.05) is 26.7 Å². The van der Waals surface area contributed by atoms with E-state index in [1.807, 2.05) is 0 Å². The van der Waals surface area contributed by atoms with Crippen molar-refractivity contribution >= 4 is 17.2 Å². The van der Waals surface area contributed by atoms with Crippen molar-refractivity contribution < 1.29 is 9.53 Å². The minimum absolute atomic E-state index is 0.0294. The molecule has 100 valence electrons. The molecule has 2 N–H and O–H groups in total. The van der Waals surface area contributed by atoms with Crippen LogP contribution >= 0.6 is 11.3 Å². The molecule has 5 heteroatoms. The molecular formula is C13H20N2O2S. The molecule has 0 radical (unpaired) electrons. The number of piperidine rings is 1. The van der Waals surface area contributed by atoms with Gasteiger partial charge < -0.3 is 15.4 Å². The molecule has 0 atom stereocenters. The summed E-state index contributed by atoms with van der Waals surface area (Å²) in [5.74, 6) is 0.0294. The molecule has 1 aromatic heterocycles. The van der Waals surface area contributed by atoms with Crippen LogP contribution in [-0.4, -0.2) is 38.3 Å². The maximum absolute atomic E-state index is 12.2. The van der Waals surface area contributed by atoms with E-state index in [1.165, 1.54) is 5.56 Å². The maximum Gasteiger partial charge on any atom is 0.252 e. The monoisotopic (exact) mass is 268 g/mol. The van der Waals surface area contributed by atoms with E-state index < -0.39 is 5.60 Å². The Hall–Kier alpha value is -0.910. The summed E-state index contributed by atoms with van der Waals surface area (Å²) in [6.45, 7) is 2.35. The fourth-order valence-corrected chi connectivity index (χ4v) is 2.97. The van der Waals surface area contributed by atoms with Gasteiger partial charge in [0.1, 0.15) is 5.60 Å². The number of amides is 1. The molecule has 0 aliphatic carbocycles. The van der Waals surface area contributed by atoms with E-state index in [-0.39, 0.29) is 5.91 Å². The molecule has 0 aromatic carbocycles. The van der Waals surface area contributed by atoms with Crippen LogP contribution in [0, 0.1) is 0 Å². The number of methoxy groups -OCH3 is 1. The predicted octanol–water partition coefficient (Wildman–Crippen LogP) is 1.18. The zero-order valence-electron chi connectivity index (χ0n) is 10.7. The number of ether oxygens (including phenoxy) is 1. The van der Waals surface area contributed by atoms with E-state index in [4.69, 9.17) is 4.74 Å². The van der Waals surface area contributed by atoms with Crippen LogP contribution in [0.25, 0.3) is 0 Å². The molecule has 0 spiro atoms. The highest BCUT2D eigenvalue weighted by molar-refractivity contribution is 7.07. The van der Waals surface area contributed by atoms with Gasteiger partial charge in [-0.25, -0.2) is 0 Å². The SMILES string of the molecule is COC1(C(=O)NCCc2ccsc2)CCNCC1. The first-order valence-corrected chi connectivity index (χ1v) is 7.26. The molecule has 4 nitrogen and oxygen atoms in total. The lowest BCUT2D eigenvalue weighted by Gasteiger charge is -2.34. The lowest BCUT2D eigenvalue weighted by Crippen LogP contribution is -2.54. The first kappa shape index (κ1) is 13.5. The van der Waals surface area contributed by atoms with Crippen LogP contribution in [0.3, 0.4) is 0 Å². The van der Waals surface area contributed by atoms with Crippen molar-refractivity contribution in [1.82, 2.24) is 10.6 Å². The van der Waals surface area contributed by atoms with Gasteiger partial charge >= 0.3 is 0 Å². The summed E-state index contributed by atoms with van der Waals surface area (Å²) >= 11 is 1.68. The standard InChI is InChI=1S/C13H20N2O2S/c1-17-13(4-7-14-8-5-13)12(16)15-6-2-11-3-9-18-10-11/h3,9-10,14H,2,4-8H2,1H3,(H,15,16). The van der Waals surface area contributed by atoms with Gasteiger partial charge in [-0.2, -0.15) is 11.3 Å². The molecule has 0 unspecified atom stereocenters. The Morgan fingerprint density at radius 1 is 1.56 bits per heavy atom. The minimum atomic E-state index is -0.625. The van der Waals surface area contributed by atoms with Crippen molar-refractivity contribution in [3.05, 3.63) is 22.4 Å². The van der Waals surface area contributed by atoms with Gasteiger partial charge in [0.15, 0.2) is 0 Å². The van der Waals surface area contributed by atoms with Gasteiger partial charge in [-0.3, -0.25) is 4.79 Å². The zero-order chi connectivity index (χ0) is 12.8. The van der Waals surface area contributed by atoms with Crippen LogP contribution in [0.1, 0.15) is 18.4 Å². The largest absolute Gasteiger partial charge is 0.368 e. The third-order valence-electron chi connectivity index (χ3n) is 3.50. The van der Waals surface area contributed by atoms with Crippen molar-refractivity contribution in [2.45, 2.75) is 24.9 Å². The minimum Gasteiger partial charge on any atom is -0.368 e. The van der Waals surface area contributed by atoms with Gasteiger partial charge in [-0.05, 0) is 54.7 Å². The Balaban J connectivity index is 1.82. The van der Waals surface area contributed by atoms with Crippen LogP contribution in [0.4, 0.5) is 0 Å². The molecule has 1 saturated heterocycles. The van der Waals surface area contributed by atoms with Crippen molar-refractivity contribution in [2.24, 2.45) is 0 Å². The first-order valence-electron chi connectivity index (χ1n) is 6.32. The van der Waals surface area contributed by atoms with E-state index in [0.29, 0.717) is 6.54 Å². The van der Waals surface area contributed by atoms with Crippen LogP contribution in [0.2, 0.25) is 0 Å². The van der Waals surface area contributed by atoms with Crippen molar-refractivity contribution in [3.8, 4) is 0 Å². The summed E-state index contributed by atoms with van der Waals surface area (Å²) in [6, 6.07) is 2.09. The van der Waals surface area contributed by atoms with Gasteiger partial charge in [0.25, 0.3) is 5.91 Å². The van der Waals surface area contributed by atoms with Gasteiger partial charge in [-0.15, -0.1) is 0 Å². The Labute approximate surface area is 112 Å². The van der Waals surface area contributed by atoms with Crippen LogP contribution in [-0.2, 0) is 16.0 Å². The molecule has 1 amide bonds. The number of thiophene rings is 1. The van der Waals surface area contributed by atoms with Gasteiger partial charge in [0.05, 0.1) is 0 Å². The molecule has 2 rings (SSSR count). The number of hydrogen-bond donors (Lipinski definition) is 2. The Morgan fingerprint density at radius 3 is 2.94 bits per heavy atom. The molecule has 0 saturated carbocycles. The molecule has 1 fully saturated rings. The molecule has 2 heterocycles. The maximum atomic E-state index is 12.2. The van der Waals surface area contributed by atoms with Crippen LogP contribution in [0.15, 0.2) is 16.8 Å². The number of hydrogen-bond acceptors (Lipinski definition) is 4. The van der Waals surface area contributed by atoms with Crippen LogP contribution < -0.4 is 10.6 Å². The second-order valence-electron chi connectivity index (χ2n) is 4.59. The quantitative estimate of drug-likeness (QED) is 0.843. The summed E-state index contributed by atoms with van der Waals surface area (Å²) in [4.78, 5) is 12.2. The summed E-state index contributed by atoms with van der Waals surface area (Å²) < 4.78 is 5.48. The lowest BCUT2D eigenvalue weighted by atomic mass is 9.91. The van der Waals surface area contributed by atoms with Gasteiger partial charge in [0, 0.05) is 13.7 Å². The number of carbonyl (C=O) groups is 1. The second-order valence-corrected chi connectivity index (χ2v) is 5.37. The predicted molar refractivity (Wildman–Crippen MR) is 72.9 cm³/mol. The fraction of sp³-hybridized carbons (Fsp3) is 0.615. The van der Waals surface area contributed by atoms with Gasteiger partial charge in [0.2, 0.25) is 0 Å². The summed E-state index contributed by atoms with van der Waals surface area (Å²) in [5.41, 5.74) is 0.650. The van der Waals surface area contributed by atoms with Crippen molar-refractivity contribution in [1.29, 1.82) is 0 Å². The first-order chi connectivity index (χ1) is 8.77. The van der Waals surface area contributed by atoms with Crippen LogP contribution in [0.5, 0.6) is 0 Å². The molecule has 1 aliphatic rings.